The lowest BCUT2D eigenvalue weighted by molar-refractivity contribution is -0.140. The maximum atomic E-state index is 13.0. The molecule has 2 bridgehead atoms. The van der Waals surface area contributed by atoms with Crippen LogP contribution in [0.4, 0.5) is 4.79 Å². The van der Waals surface area contributed by atoms with Crippen molar-refractivity contribution in [1.29, 1.82) is 0 Å². The molecular weight excluding hydrogens is 482 g/mol. The molecule has 0 spiro atoms. The topological polar surface area (TPSA) is 88.2 Å². The number of unbranched alkanes of at least 4 members (excludes halogenated alkanes) is 1. The summed E-state index contributed by atoms with van der Waals surface area (Å²) in [7, 11) is 0. The Morgan fingerprint density at radius 1 is 1.03 bits per heavy atom. The van der Waals surface area contributed by atoms with Gasteiger partial charge in [0.25, 0.3) is 0 Å². The Morgan fingerprint density at radius 2 is 1.76 bits per heavy atom. The van der Waals surface area contributed by atoms with Crippen molar-refractivity contribution in [1.82, 2.24) is 15.1 Å². The van der Waals surface area contributed by atoms with Gasteiger partial charge in [0.15, 0.2) is 0 Å². The van der Waals surface area contributed by atoms with Crippen molar-refractivity contribution in [2.24, 2.45) is 5.92 Å². The van der Waals surface area contributed by atoms with E-state index in [1.54, 1.807) is 0 Å². The minimum Gasteiger partial charge on any atom is -0.494 e. The van der Waals surface area contributed by atoms with Gasteiger partial charge in [0, 0.05) is 32.5 Å². The molecule has 6 rings (SSSR count). The number of benzene rings is 2. The average molecular weight is 520 g/mol. The summed E-state index contributed by atoms with van der Waals surface area (Å²) in [4.78, 5) is 40.6. The third-order valence-corrected chi connectivity index (χ3v) is 8.08. The Hall–Kier alpha value is -3.39. The van der Waals surface area contributed by atoms with Gasteiger partial charge in [-0.2, -0.15) is 0 Å². The minimum absolute atomic E-state index is 0.0590. The van der Waals surface area contributed by atoms with E-state index in [4.69, 9.17) is 9.47 Å². The molecule has 0 radical (unpaired) electrons. The van der Waals surface area contributed by atoms with Crippen LogP contribution >= 0.6 is 0 Å². The summed E-state index contributed by atoms with van der Waals surface area (Å²) in [5, 5.41) is 3.14. The van der Waals surface area contributed by atoms with Gasteiger partial charge in [0.05, 0.1) is 6.61 Å². The highest BCUT2D eigenvalue weighted by Crippen LogP contribution is 2.34. The number of rotatable bonds is 11. The lowest BCUT2D eigenvalue weighted by Crippen LogP contribution is -2.69. The standard InChI is InChI=1S/C30H37N3O5/c34-18-4-5-19-37-26-11-8-23(9-12-26)10-13-28(35)33-21-30(22-33,25-6-2-1-3-7-25)31-29(36)38-27-20-32-16-14-24(27)15-17-32/h1-3,6-9,11-12,18,24,27H,4-5,10,13-17,19-22H2,(H,31,36)/t27-/m0/s1. The molecule has 38 heavy (non-hydrogen) atoms. The lowest BCUT2D eigenvalue weighted by atomic mass is 9.82. The molecule has 1 N–H and O–H groups in total. The molecular formula is C30H37N3O5. The maximum absolute atomic E-state index is 13.0. The Bertz CT molecular complexity index is 1090. The van der Waals surface area contributed by atoms with Crippen molar-refractivity contribution >= 4 is 18.3 Å². The fourth-order valence-electron chi connectivity index (χ4n) is 5.80. The molecule has 4 aliphatic rings. The number of carbonyl (C=O) groups excluding carboxylic acids is 3. The van der Waals surface area contributed by atoms with Crippen LogP contribution in [0.5, 0.6) is 5.75 Å². The van der Waals surface area contributed by atoms with E-state index in [-0.39, 0.29) is 12.0 Å². The van der Waals surface area contributed by atoms with Gasteiger partial charge in [-0.05, 0) is 68.0 Å². The number of likely N-dealkylation sites (tertiary alicyclic amines) is 1. The zero-order chi connectivity index (χ0) is 26.4. The number of nitrogens with one attached hydrogen (secondary N) is 1. The van der Waals surface area contributed by atoms with E-state index in [1.807, 2.05) is 59.5 Å². The van der Waals surface area contributed by atoms with Crippen molar-refractivity contribution in [2.75, 3.05) is 39.3 Å². The first-order valence-corrected chi connectivity index (χ1v) is 13.7. The minimum atomic E-state index is -0.634. The van der Waals surface area contributed by atoms with Crippen molar-refractivity contribution in [3.63, 3.8) is 0 Å². The van der Waals surface area contributed by atoms with Gasteiger partial charge >= 0.3 is 6.09 Å². The summed E-state index contributed by atoms with van der Waals surface area (Å²) in [5.41, 5.74) is 1.41. The summed E-state index contributed by atoms with van der Waals surface area (Å²) >= 11 is 0. The fourth-order valence-corrected chi connectivity index (χ4v) is 5.80. The molecule has 4 heterocycles. The van der Waals surface area contributed by atoms with Crippen LogP contribution in [0.1, 0.15) is 43.2 Å². The Balaban J connectivity index is 1.13. The van der Waals surface area contributed by atoms with Crippen LogP contribution in [0.15, 0.2) is 54.6 Å². The number of aryl methyl sites for hydroxylation is 1. The second-order valence-corrected chi connectivity index (χ2v) is 10.7. The molecule has 1 atom stereocenters. The molecule has 0 aromatic heterocycles. The van der Waals surface area contributed by atoms with Crippen molar-refractivity contribution in [3.05, 3.63) is 65.7 Å². The van der Waals surface area contributed by atoms with Gasteiger partial charge in [-0.3, -0.25) is 9.69 Å². The zero-order valence-electron chi connectivity index (χ0n) is 21.8. The van der Waals surface area contributed by atoms with Gasteiger partial charge in [-0.1, -0.05) is 42.5 Å². The second-order valence-electron chi connectivity index (χ2n) is 10.7. The summed E-state index contributed by atoms with van der Waals surface area (Å²) in [6.45, 7) is 4.37. The first-order valence-electron chi connectivity index (χ1n) is 13.7. The highest BCUT2D eigenvalue weighted by molar-refractivity contribution is 5.79. The highest BCUT2D eigenvalue weighted by Gasteiger charge is 2.48. The quantitative estimate of drug-likeness (QED) is 0.361. The van der Waals surface area contributed by atoms with Crippen LogP contribution in [-0.4, -0.2) is 73.5 Å². The molecule has 8 heteroatoms. The van der Waals surface area contributed by atoms with E-state index >= 15 is 0 Å². The number of aldehydes is 1. The van der Waals surface area contributed by atoms with E-state index < -0.39 is 11.6 Å². The van der Waals surface area contributed by atoms with Crippen molar-refractivity contribution in [3.8, 4) is 5.75 Å². The third-order valence-electron chi connectivity index (χ3n) is 8.08. The molecule has 2 aromatic rings. The van der Waals surface area contributed by atoms with E-state index in [0.29, 0.717) is 51.3 Å². The molecule has 2 amide bonds. The van der Waals surface area contributed by atoms with Gasteiger partial charge in [0.1, 0.15) is 23.7 Å². The largest absolute Gasteiger partial charge is 0.494 e. The molecule has 0 unspecified atom stereocenters. The van der Waals surface area contributed by atoms with Crippen molar-refractivity contribution < 1.29 is 23.9 Å². The van der Waals surface area contributed by atoms with E-state index in [2.05, 4.69) is 10.2 Å². The van der Waals surface area contributed by atoms with Crippen LogP contribution in [0.2, 0.25) is 0 Å². The number of piperidine rings is 3. The van der Waals surface area contributed by atoms with Gasteiger partial charge in [-0.25, -0.2) is 4.79 Å². The zero-order valence-corrected chi connectivity index (χ0v) is 21.8. The van der Waals surface area contributed by atoms with Gasteiger partial charge in [0.2, 0.25) is 5.91 Å². The Kier molecular flexibility index (Phi) is 8.27. The number of fused-ring (bicyclic) bond motifs is 3. The van der Waals surface area contributed by atoms with Gasteiger partial charge < -0.3 is 24.5 Å². The number of alkyl carbamates (subject to hydrolysis) is 1. The van der Waals surface area contributed by atoms with Crippen LogP contribution in [-0.2, 0) is 26.3 Å². The molecule has 8 nitrogen and oxygen atoms in total. The monoisotopic (exact) mass is 519 g/mol. The van der Waals surface area contributed by atoms with Crippen molar-refractivity contribution in [2.45, 2.75) is 50.2 Å². The number of nitrogens with zero attached hydrogens (tertiary/aromatic N) is 2. The number of amides is 2. The SMILES string of the molecule is O=CCCCOc1ccc(CCC(=O)N2CC(NC(=O)O[C@H]3CN4CCC3CC4)(c3ccccc3)C2)cc1. The van der Waals surface area contributed by atoms with Crippen LogP contribution < -0.4 is 10.1 Å². The molecule has 4 saturated heterocycles. The average Bonchev–Trinajstić information content (AvgIpc) is 2.93. The predicted molar refractivity (Wildman–Crippen MR) is 143 cm³/mol. The third kappa shape index (κ3) is 6.18. The molecule has 4 aliphatic heterocycles. The van der Waals surface area contributed by atoms with E-state index in [9.17, 15) is 14.4 Å². The number of hydrogen-bond acceptors (Lipinski definition) is 6. The van der Waals surface area contributed by atoms with E-state index in [0.717, 1.165) is 55.6 Å². The first-order chi connectivity index (χ1) is 18.5. The van der Waals surface area contributed by atoms with Crippen LogP contribution in [0.3, 0.4) is 0 Å². The normalized spacial score (nSPS) is 23.3. The Morgan fingerprint density at radius 3 is 2.42 bits per heavy atom. The summed E-state index contributed by atoms with van der Waals surface area (Å²) < 4.78 is 11.5. The summed E-state index contributed by atoms with van der Waals surface area (Å²) in [6.07, 6.45) is 4.84. The molecule has 0 aliphatic carbocycles. The molecule has 4 fully saturated rings. The lowest BCUT2D eigenvalue weighted by Gasteiger charge is -2.51. The van der Waals surface area contributed by atoms with Gasteiger partial charge in [-0.15, -0.1) is 0 Å². The smallest absolute Gasteiger partial charge is 0.408 e. The second kappa shape index (κ2) is 12.0. The number of carbonyl (C=O) groups is 3. The first kappa shape index (κ1) is 26.2. The summed E-state index contributed by atoms with van der Waals surface area (Å²) in [5.74, 6) is 1.27. The molecule has 2 aromatic carbocycles. The maximum Gasteiger partial charge on any atom is 0.408 e. The number of ether oxygens (including phenoxy) is 2. The molecule has 202 valence electrons. The highest BCUT2D eigenvalue weighted by atomic mass is 16.6. The molecule has 0 saturated carbocycles. The van der Waals surface area contributed by atoms with Crippen LogP contribution in [0.25, 0.3) is 0 Å². The van der Waals surface area contributed by atoms with Crippen LogP contribution in [0, 0.1) is 5.92 Å². The fraction of sp³-hybridized carbons (Fsp3) is 0.500. The number of hydrogen-bond donors (Lipinski definition) is 1. The Labute approximate surface area is 224 Å². The summed E-state index contributed by atoms with van der Waals surface area (Å²) in [6, 6.07) is 17.6. The van der Waals surface area contributed by atoms with E-state index in [1.165, 1.54) is 0 Å². The predicted octanol–water partition coefficient (Wildman–Crippen LogP) is 3.54.